The Bertz CT molecular complexity index is 602. The lowest BCUT2D eigenvalue weighted by Crippen LogP contribution is -2.50. The molecule has 0 aliphatic carbocycles. The van der Waals surface area contributed by atoms with E-state index in [2.05, 4.69) is 10.6 Å². The molecule has 1 aromatic rings. The van der Waals surface area contributed by atoms with Crippen molar-refractivity contribution in [3.05, 3.63) is 28.8 Å². The van der Waals surface area contributed by atoms with Crippen molar-refractivity contribution in [1.29, 1.82) is 5.26 Å². The van der Waals surface area contributed by atoms with Crippen molar-refractivity contribution in [3.8, 4) is 6.07 Å². The molecule has 0 bridgehead atoms. The van der Waals surface area contributed by atoms with E-state index in [1.165, 1.54) is 18.2 Å². The number of urea groups is 1. The molecule has 0 aliphatic rings. The first-order valence-corrected chi connectivity index (χ1v) is 6.53. The van der Waals surface area contributed by atoms with Crippen LogP contribution in [0.4, 0.5) is 10.5 Å². The molecule has 21 heavy (non-hydrogen) atoms. The highest BCUT2D eigenvalue weighted by Crippen LogP contribution is 2.23. The number of carbonyl (C=O) groups excluding carboxylic acids is 1. The summed E-state index contributed by atoms with van der Waals surface area (Å²) >= 11 is 5.93. The summed E-state index contributed by atoms with van der Waals surface area (Å²) in [5, 5.41) is 22.9. The number of aliphatic carboxylic acids is 1. The Hall–Kier alpha value is -2.26. The van der Waals surface area contributed by atoms with Gasteiger partial charge in [-0.25, -0.2) is 9.59 Å². The lowest BCUT2D eigenvalue weighted by molar-refractivity contribution is -0.141. The zero-order valence-electron chi connectivity index (χ0n) is 11.9. The van der Waals surface area contributed by atoms with Gasteiger partial charge in [-0.15, -0.1) is 0 Å². The molecule has 112 valence electrons. The van der Waals surface area contributed by atoms with Crippen LogP contribution in [0.1, 0.15) is 26.3 Å². The molecule has 7 heteroatoms. The lowest BCUT2D eigenvalue weighted by atomic mass is 9.87. The smallest absolute Gasteiger partial charge is 0.326 e. The van der Waals surface area contributed by atoms with E-state index in [-0.39, 0.29) is 5.02 Å². The van der Waals surface area contributed by atoms with E-state index in [4.69, 9.17) is 22.0 Å². The van der Waals surface area contributed by atoms with Gasteiger partial charge in [-0.2, -0.15) is 5.26 Å². The van der Waals surface area contributed by atoms with E-state index in [0.29, 0.717) is 11.3 Å². The summed E-state index contributed by atoms with van der Waals surface area (Å²) in [6.45, 7) is 5.13. The van der Waals surface area contributed by atoms with Crippen molar-refractivity contribution in [2.75, 3.05) is 5.32 Å². The number of nitrogens with one attached hydrogen (secondary N) is 2. The Kier molecular flexibility index (Phi) is 5.17. The van der Waals surface area contributed by atoms with Crippen molar-refractivity contribution in [3.63, 3.8) is 0 Å². The van der Waals surface area contributed by atoms with E-state index >= 15 is 0 Å². The molecular formula is C14H16ClN3O3. The number of hydrogen-bond donors (Lipinski definition) is 3. The molecule has 0 unspecified atom stereocenters. The minimum atomic E-state index is -1.12. The average Bonchev–Trinajstić information content (AvgIpc) is 2.36. The minimum absolute atomic E-state index is 0.201. The van der Waals surface area contributed by atoms with Crippen LogP contribution in [-0.4, -0.2) is 23.1 Å². The Morgan fingerprint density at radius 2 is 2.00 bits per heavy atom. The van der Waals surface area contributed by atoms with Gasteiger partial charge in [0.15, 0.2) is 0 Å². The molecule has 1 rings (SSSR count). The maximum Gasteiger partial charge on any atom is 0.326 e. The first-order chi connectivity index (χ1) is 9.65. The summed E-state index contributed by atoms with van der Waals surface area (Å²) in [5.74, 6) is -1.12. The molecular weight excluding hydrogens is 294 g/mol. The van der Waals surface area contributed by atoms with Crippen LogP contribution in [0.2, 0.25) is 5.02 Å². The van der Waals surface area contributed by atoms with Gasteiger partial charge >= 0.3 is 12.0 Å². The molecule has 0 aromatic heterocycles. The molecule has 0 spiro atoms. The predicted molar refractivity (Wildman–Crippen MR) is 79.2 cm³/mol. The maximum absolute atomic E-state index is 11.9. The summed E-state index contributed by atoms with van der Waals surface area (Å²) in [5.41, 5.74) is 0.0211. The zero-order valence-corrected chi connectivity index (χ0v) is 12.7. The SMILES string of the molecule is CC(C)(C)[C@H](NC(=O)Nc1ccc(C#N)cc1Cl)C(=O)O. The summed E-state index contributed by atoms with van der Waals surface area (Å²) in [7, 11) is 0. The number of anilines is 1. The van der Waals surface area contributed by atoms with Crippen LogP contribution in [0.3, 0.4) is 0 Å². The highest BCUT2D eigenvalue weighted by atomic mass is 35.5. The fourth-order valence-electron chi connectivity index (χ4n) is 1.62. The van der Waals surface area contributed by atoms with Gasteiger partial charge in [0, 0.05) is 0 Å². The third kappa shape index (κ3) is 4.65. The molecule has 0 aliphatic heterocycles. The van der Waals surface area contributed by atoms with Gasteiger partial charge in [0.25, 0.3) is 0 Å². The van der Waals surface area contributed by atoms with Crippen molar-refractivity contribution < 1.29 is 14.7 Å². The molecule has 2 amide bonds. The second-order valence-electron chi connectivity index (χ2n) is 5.54. The number of carboxylic acids is 1. The molecule has 0 radical (unpaired) electrons. The summed E-state index contributed by atoms with van der Waals surface area (Å²) in [4.78, 5) is 23.1. The van der Waals surface area contributed by atoms with E-state index in [0.717, 1.165) is 0 Å². The normalized spacial score (nSPS) is 12.1. The summed E-state index contributed by atoms with van der Waals surface area (Å²) in [6.07, 6.45) is 0. The molecule has 6 nitrogen and oxygen atoms in total. The van der Waals surface area contributed by atoms with E-state index in [1.807, 2.05) is 6.07 Å². The summed E-state index contributed by atoms with van der Waals surface area (Å²) < 4.78 is 0. The third-order valence-electron chi connectivity index (χ3n) is 2.73. The number of nitriles is 1. The second kappa shape index (κ2) is 6.46. The first kappa shape index (κ1) is 16.8. The number of carboxylic acid groups (broad SMARTS) is 1. The molecule has 1 aromatic carbocycles. The van der Waals surface area contributed by atoms with E-state index in [1.54, 1.807) is 20.8 Å². The highest BCUT2D eigenvalue weighted by Gasteiger charge is 2.32. The number of rotatable bonds is 3. The third-order valence-corrected chi connectivity index (χ3v) is 3.05. The fourth-order valence-corrected chi connectivity index (χ4v) is 1.85. The van der Waals surface area contributed by atoms with E-state index in [9.17, 15) is 9.59 Å². The lowest BCUT2D eigenvalue weighted by Gasteiger charge is -2.27. The Morgan fingerprint density at radius 3 is 2.43 bits per heavy atom. The monoisotopic (exact) mass is 309 g/mol. The Balaban J connectivity index is 2.82. The van der Waals surface area contributed by atoms with Gasteiger partial charge in [0.1, 0.15) is 6.04 Å². The quantitative estimate of drug-likeness (QED) is 0.798. The van der Waals surface area contributed by atoms with Crippen molar-refractivity contribution >= 4 is 29.3 Å². The molecule has 1 atom stereocenters. The average molecular weight is 310 g/mol. The molecule has 0 saturated carbocycles. The van der Waals surface area contributed by atoms with E-state index < -0.39 is 23.5 Å². The molecule has 0 heterocycles. The number of halogens is 1. The zero-order chi connectivity index (χ0) is 16.2. The van der Waals surface area contributed by atoms with Gasteiger partial charge in [0.05, 0.1) is 22.3 Å². The topological polar surface area (TPSA) is 102 Å². The van der Waals surface area contributed by atoms with Gasteiger partial charge in [-0.3, -0.25) is 0 Å². The van der Waals surface area contributed by atoms with Gasteiger partial charge in [0.2, 0.25) is 0 Å². The predicted octanol–water partition coefficient (Wildman–Crippen LogP) is 2.83. The molecule has 0 saturated heterocycles. The van der Waals surface area contributed by atoms with Gasteiger partial charge < -0.3 is 15.7 Å². The minimum Gasteiger partial charge on any atom is -0.480 e. The van der Waals surface area contributed by atoms with Crippen LogP contribution in [0.15, 0.2) is 18.2 Å². The summed E-state index contributed by atoms with van der Waals surface area (Å²) in [6, 6.07) is 4.59. The van der Waals surface area contributed by atoms with Crippen LogP contribution in [0.5, 0.6) is 0 Å². The molecule has 0 fully saturated rings. The number of carbonyl (C=O) groups is 2. The first-order valence-electron chi connectivity index (χ1n) is 6.15. The number of hydrogen-bond acceptors (Lipinski definition) is 3. The molecule has 3 N–H and O–H groups in total. The standard InChI is InChI=1S/C14H16ClN3O3/c1-14(2,3)11(12(19)20)18-13(21)17-10-5-4-8(7-16)6-9(10)15/h4-6,11H,1-3H3,(H,19,20)(H2,17,18,21)/t11-/m1/s1. The van der Waals surface area contributed by atoms with Crippen LogP contribution in [-0.2, 0) is 4.79 Å². The van der Waals surface area contributed by atoms with Crippen LogP contribution in [0, 0.1) is 16.7 Å². The van der Waals surface area contributed by atoms with Gasteiger partial charge in [-0.1, -0.05) is 32.4 Å². The maximum atomic E-state index is 11.9. The van der Waals surface area contributed by atoms with Crippen LogP contribution < -0.4 is 10.6 Å². The van der Waals surface area contributed by atoms with Gasteiger partial charge in [-0.05, 0) is 23.6 Å². The number of amides is 2. The largest absolute Gasteiger partial charge is 0.480 e. The highest BCUT2D eigenvalue weighted by molar-refractivity contribution is 6.33. The Morgan fingerprint density at radius 1 is 1.38 bits per heavy atom. The van der Waals surface area contributed by atoms with Crippen LogP contribution >= 0.6 is 11.6 Å². The van der Waals surface area contributed by atoms with Crippen molar-refractivity contribution in [2.24, 2.45) is 5.41 Å². The number of benzene rings is 1. The second-order valence-corrected chi connectivity index (χ2v) is 5.95. The Labute approximate surface area is 127 Å². The van der Waals surface area contributed by atoms with Crippen molar-refractivity contribution in [1.82, 2.24) is 5.32 Å². The van der Waals surface area contributed by atoms with Crippen LogP contribution in [0.25, 0.3) is 0 Å². The van der Waals surface area contributed by atoms with Crippen molar-refractivity contribution in [2.45, 2.75) is 26.8 Å². The number of nitrogens with zero attached hydrogens (tertiary/aromatic N) is 1. The fraction of sp³-hybridized carbons (Fsp3) is 0.357.